The smallest absolute Gasteiger partial charge is 0.332 e. The number of para-hydroxylation sites is 1. The molecule has 0 saturated carbocycles. The van der Waals surface area contributed by atoms with E-state index < -0.39 is 5.97 Å². The Labute approximate surface area is 199 Å². The maximum absolute atomic E-state index is 11.0. The molecule has 176 valence electrons. The Bertz CT molecular complexity index is 1130. The fourth-order valence-electron chi connectivity index (χ4n) is 4.06. The van der Waals surface area contributed by atoms with Crippen molar-refractivity contribution >= 4 is 17.6 Å². The van der Waals surface area contributed by atoms with E-state index in [1.165, 1.54) is 6.33 Å². The average Bonchev–Trinajstić information content (AvgIpc) is 2.85. The number of nitrogens with zero attached hydrogens (tertiary/aromatic N) is 3. The van der Waals surface area contributed by atoms with Gasteiger partial charge in [0.1, 0.15) is 29.5 Å². The van der Waals surface area contributed by atoms with Crippen LogP contribution < -0.4 is 15.8 Å². The number of nitrogens with two attached hydrogens (primary N) is 1. The van der Waals surface area contributed by atoms with Gasteiger partial charge in [-0.15, -0.1) is 0 Å². The number of likely N-dealkylation sites (tertiary alicyclic amines) is 1. The van der Waals surface area contributed by atoms with Crippen LogP contribution in [0, 0.1) is 5.92 Å². The van der Waals surface area contributed by atoms with Crippen LogP contribution in [0.1, 0.15) is 12.8 Å². The molecule has 0 radical (unpaired) electrons. The van der Waals surface area contributed by atoms with Crippen molar-refractivity contribution < 1.29 is 14.6 Å². The minimum Gasteiger partial charge on any atom is -0.478 e. The third kappa shape index (κ3) is 5.90. The van der Waals surface area contributed by atoms with Crippen LogP contribution in [-0.4, -0.2) is 52.1 Å². The number of nitrogen functional groups attached to an aromatic ring is 1. The molecule has 8 heteroatoms. The number of piperidine rings is 1. The highest BCUT2D eigenvalue weighted by Gasteiger charge is 2.21. The van der Waals surface area contributed by atoms with Crippen molar-refractivity contribution in [2.24, 2.45) is 5.92 Å². The zero-order valence-corrected chi connectivity index (χ0v) is 19.0. The molecule has 8 nitrogen and oxygen atoms in total. The zero-order chi connectivity index (χ0) is 23.9. The van der Waals surface area contributed by atoms with Crippen LogP contribution in [0.15, 0.2) is 73.1 Å². The summed E-state index contributed by atoms with van der Waals surface area (Å²) in [6.45, 7) is 6.49. The van der Waals surface area contributed by atoms with E-state index in [-0.39, 0.29) is 5.57 Å². The highest BCUT2D eigenvalue weighted by Crippen LogP contribution is 2.33. The number of benzene rings is 2. The van der Waals surface area contributed by atoms with Crippen LogP contribution in [0.25, 0.3) is 11.1 Å². The monoisotopic (exact) mass is 459 g/mol. The van der Waals surface area contributed by atoms with Gasteiger partial charge >= 0.3 is 5.97 Å². The van der Waals surface area contributed by atoms with Gasteiger partial charge in [0, 0.05) is 18.7 Å². The molecule has 4 rings (SSSR count). The number of ether oxygens (including phenoxy) is 1. The normalized spacial score (nSPS) is 14.5. The van der Waals surface area contributed by atoms with E-state index in [9.17, 15) is 4.79 Å². The van der Waals surface area contributed by atoms with Crippen molar-refractivity contribution in [3.8, 4) is 22.6 Å². The van der Waals surface area contributed by atoms with Crippen molar-refractivity contribution in [1.29, 1.82) is 0 Å². The highest BCUT2D eigenvalue weighted by molar-refractivity contribution is 5.86. The number of nitrogens with one attached hydrogen (secondary N) is 1. The predicted molar refractivity (Wildman–Crippen MR) is 133 cm³/mol. The Morgan fingerprint density at radius 1 is 1.09 bits per heavy atom. The van der Waals surface area contributed by atoms with Crippen LogP contribution in [0.3, 0.4) is 0 Å². The fraction of sp³-hybridized carbons (Fsp3) is 0.269. The molecule has 4 N–H and O–H groups in total. The van der Waals surface area contributed by atoms with Gasteiger partial charge in [-0.05, 0) is 61.7 Å². The summed E-state index contributed by atoms with van der Waals surface area (Å²) in [6, 6.07) is 17.3. The topological polar surface area (TPSA) is 114 Å². The minimum atomic E-state index is -0.933. The number of hydrogen-bond acceptors (Lipinski definition) is 7. The number of rotatable bonds is 9. The SMILES string of the molecule is C=C(CN1CCC(CNc2ncnc(N)c2-c2ccc(Oc3ccccc3)cc2)CC1)C(=O)O. The van der Waals surface area contributed by atoms with Crippen LogP contribution >= 0.6 is 0 Å². The summed E-state index contributed by atoms with van der Waals surface area (Å²) in [5.41, 5.74) is 8.13. The maximum Gasteiger partial charge on any atom is 0.332 e. The molecule has 2 aromatic carbocycles. The van der Waals surface area contributed by atoms with Crippen molar-refractivity contribution in [3.63, 3.8) is 0 Å². The van der Waals surface area contributed by atoms with E-state index in [4.69, 9.17) is 15.6 Å². The molecule has 1 saturated heterocycles. The number of carbonyl (C=O) groups is 1. The molecule has 0 bridgehead atoms. The number of carboxylic acids is 1. The Kier molecular flexibility index (Phi) is 7.39. The predicted octanol–water partition coefficient (Wildman–Crippen LogP) is 4.28. The Morgan fingerprint density at radius 2 is 1.76 bits per heavy atom. The Hall–Kier alpha value is -3.91. The zero-order valence-electron chi connectivity index (χ0n) is 19.0. The number of hydrogen-bond donors (Lipinski definition) is 3. The molecule has 3 aromatic rings. The van der Waals surface area contributed by atoms with E-state index in [0.717, 1.165) is 55.1 Å². The second-order valence-corrected chi connectivity index (χ2v) is 8.43. The van der Waals surface area contributed by atoms with Gasteiger partial charge < -0.3 is 20.9 Å². The molecule has 0 spiro atoms. The Balaban J connectivity index is 1.38. The number of anilines is 2. The first kappa shape index (κ1) is 23.3. The van der Waals surface area contributed by atoms with E-state index in [1.54, 1.807) is 0 Å². The lowest BCUT2D eigenvalue weighted by Gasteiger charge is -2.32. The highest BCUT2D eigenvalue weighted by atomic mass is 16.5. The molecular formula is C26H29N5O3. The fourth-order valence-corrected chi connectivity index (χ4v) is 4.06. The van der Waals surface area contributed by atoms with Gasteiger partial charge in [0.05, 0.1) is 5.56 Å². The van der Waals surface area contributed by atoms with Crippen LogP contribution in [0.4, 0.5) is 11.6 Å². The quantitative estimate of drug-likeness (QED) is 0.406. The van der Waals surface area contributed by atoms with Gasteiger partial charge in [0.25, 0.3) is 0 Å². The maximum atomic E-state index is 11.0. The van der Waals surface area contributed by atoms with E-state index in [0.29, 0.717) is 24.1 Å². The first-order valence-corrected chi connectivity index (χ1v) is 11.3. The van der Waals surface area contributed by atoms with E-state index >= 15 is 0 Å². The third-order valence-electron chi connectivity index (χ3n) is 5.98. The molecule has 2 heterocycles. The van der Waals surface area contributed by atoms with Crippen LogP contribution in [-0.2, 0) is 4.79 Å². The van der Waals surface area contributed by atoms with Crippen LogP contribution in [0.2, 0.25) is 0 Å². The van der Waals surface area contributed by atoms with Crippen LogP contribution in [0.5, 0.6) is 11.5 Å². The molecule has 1 aliphatic rings. The molecule has 1 aliphatic heterocycles. The number of aliphatic carboxylic acids is 1. The minimum absolute atomic E-state index is 0.234. The largest absolute Gasteiger partial charge is 0.478 e. The van der Waals surface area contributed by atoms with Gasteiger partial charge in [-0.2, -0.15) is 0 Å². The molecular weight excluding hydrogens is 430 g/mol. The van der Waals surface area contributed by atoms with Crippen molar-refractivity contribution in [1.82, 2.24) is 14.9 Å². The lowest BCUT2D eigenvalue weighted by molar-refractivity contribution is -0.132. The molecule has 0 amide bonds. The lowest BCUT2D eigenvalue weighted by atomic mass is 9.96. The van der Waals surface area contributed by atoms with E-state index in [2.05, 4.69) is 26.8 Å². The summed E-state index contributed by atoms with van der Waals surface area (Å²) in [5, 5.41) is 12.5. The molecule has 1 fully saturated rings. The lowest BCUT2D eigenvalue weighted by Crippen LogP contribution is -2.37. The Morgan fingerprint density at radius 3 is 2.44 bits per heavy atom. The van der Waals surface area contributed by atoms with E-state index in [1.807, 2.05) is 54.6 Å². The summed E-state index contributed by atoms with van der Waals surface area (Å²) in [4.78, 5) is 21.8. The molecule has 0 aliphatic carbocycles. The summed E-state index contributed by atoms with van der Waals surface area (Å²) in [5.74, 6) is 2.15. The summed E-state index contributed by atoms with van der Waals surface area (Å²) < 4.78 is 5.88. The summed E-state index contributed by atoms with van der Waals surface area (Å²) in [6.07, 6.45) is 3.41. The second-order valence-electron chi connectivity index (χ2n) is 8.43. The molecule has 0 unspecified atom stereocenters. The van der Waals surface area contributed by atoms with Gasteiger partial charge in [-0.25, -0.2) is 14.8 Å². The first-order chi connectivity index (χ1) is 16.5. The molecule has 1 aromatic heterocycles. The number of carboxylic acid groups (broad SMARTS) is 1. The summed E-state index contributed by atoms with van der Waals surface area (Å²) >= 11 is 0. The molecule has 34 heavy (non-hydrogen) atoms. The first-order valence-electron chi connectivity index (χ1n) is 11.3. The van der Waals surface area contributed by atoms with Crippen molar-refractivity contribution in [3.05, 3.63) is 73.1 Å². The van der Waals surface area contributed by atoms with Gasteiger partial charge in [0.15, 0.2) is 0 Å². The van der Waals surface area contributed by atoms with Gasteiger partial charge in [-0.3, -0.25) is 4.90 Å². The summed E-state index contributed by atoms with van der Waals surface area (Å²) in [7, 11) is 0. The molecule has 0 atom stereocenters. The average molecular weight is 460 g/mol. The van der Waals surface area contributed by atoms with Crippen molar-refractivity contribution in [2.75, 3.05) is 37.2 Å². The van der Waals surface area contributed by atoms with Crippen molar-refractivity contribution in [2.45, 2.75) is 12.8 Å². The number of aromatic nitrogens is 2. The van der Waals surface area contributed by atoms with Gasteiger partial charge in [0.2, 0.25) is 0 Å². The standard InChI is InChI=1S/C26H29N5O3/c1-18(26(32)33)16-31-13-11-19(12-14-31)15-28-25-23(24(27)29-17-30-25)20-7-9-22(10-8-20)34-21-5-3-2-4-6-21/h2-10,17,19H,1,11-16H2,(H,32,33)(H3,27,28,29,30). The second kappa shape index (κ2) is 10.8. The third-order valence-corrected chi connectivity index (χ3v) is 5.98. The van der Waals surface area contributed by atoms with Gasteiger partial charge in [-0.1, -0.05) is 36.9 Å².